The number of allylic oxidation sites excluding steroid dienone is 1. The molecule has 1 fully saturated rings. The van der Waals surface area contributed by atoms with E-state index in [1.165, 1.54) is 36.8 Å². The van der Waals surface area contributed by atoms with E-state index < -0.39 is 0 Å². The average Bonchev–Trinajstić information content (AvgIpc) is 2.62. The van der Waals surface area contributed by atoms with E-state index in [1.807, 2.05) is 0 Å². The fourth-order valence-corrected chi connectivity index (χ4v) is 3.31. The van der Waals surface area contributed by atoms with Gasteiger partial charge in [0.1, 0.15) is 0 Å². The van der Waals surface area contributed by atoms with E-state index in [1.54, 1.807) is 0 Å². The second-order valence-electron chi connectivity index (χ2n) is 6.59. The molecule has 23 heavy (non-hydrogen) atoms. The van der Waals surface area contributed by atoms with Gasteiger partial charge in [-0.3, -0.25) is 0 Å². The molecule has 0 aliphatic heterocycles. The van der Waals surface area contributed by atoms with Crippen LogP contribution in [-0.4, -0.2) is 0 Å². The van der Waals surface area contributed by atoms with Gasteiger partial charge in [-0.2, -0.15) is 0 Å². The molecule has 0 heterocycles. The fourth-order valence-electron chi connectivity index (χ4n) is 3.31. The van der Waals surface area contributed by atoms with Crippen LogP contribution in [0.3, 0.4) is 0 Å². The van der Waals surface area contributed by atoms with E-state index in [-0.39, 0.29) is 0 Å². The average molecular weight is 300 g/mol. The molecule has 0 aromatic heterocycles. The quantitative estimate of drug-likeness (QED) is 0.482. The van der Waals surface area contributed by atoms with Gasteiger partial charge in [0, 0.05) is 11.1 Å². The zero-order valence-corrected chi connectivity index (χ0v) is 13.9. The van der Waals surface area contributed by atoms with Crippen molar-refractivity contribution >= 4 is 0 Å². The van der Waals surface area contributed by atoms with E-state index >= 15 is 0 Å². The molecule has 0 atom stereocenters. The smallest absolute Gasteiger partial charge is 0.0249 e. The molecule has 0 N–H and O–H groups in total. The first kappa shape index (κ1) is 15.6. The molecule has 0 radical (unpaired) electrons. The molecule has 0 amide bonds. The Morgan fingerprint density at radius 1 is 0.826 bits per heavy atom. The molecular formula is C23H24. The van der Waals surface area contributed by atoms with Gasteiger partial charge >= 0.3 is 0 Å². The molecule has 0 saturated heterocycles. The molecule has 2 aromatic rings. The van der Waals surface area contributed by atoms with E-state index in [0.717, 1.165) is 17.0 Å². The minimum atomic E-state index is 0.713. The summed E-state index contributed by atoms with van der Waals surface area (Å²) in [6.45, 7) is 6.02. The lowest BCUT2D eigenvalue weighted by atomic mass is 9.79. The molecule has 3 rings (SSSR count). The predicted octanol–water partition coefficient (Wildman–Crippen LogP) is 5.85. The maximum atomic E-state index is 3.93. The Labute approximate surface area is 140 Å². The number of benzene rings is 2. The largest absolute Gasteiger partial charge is 0.103 e. The minimum absolute atomic E-state index is 0.713. The lowest BCUT2D eigenvalue weighted by molar-refractivity contribution is 0.376. The third kappa shape index (κ3) is 4.14. The molecule has 1 saturated carbocycles. The SMILES string of the molecule is C=CC1CCC(c2ccc(C#Cc3ccc(C)cc3)cc2)CC1. The van der Waals surface area contributed by atoms with Crippen molar-refractivity contribution < 1.29 is 0 Å². The van der Waals surface area contributed by atoms with Crippen LogP contribution < -0.4 is 0 Å². The van der Waals surface area contributed by atoms with Crippen molar-refractivity contribution in [3.05, 3.63) is 83.4 Å². The first-order valence-electron chi connectivity index (χ1n) is 8.56. The van der Waals surface area contributed by atoms with Crippen molar-refractivity contribution in [2.75, 3.05) is 0 Å². The molecule has 0 unspecified atom stereocenters. The standard InChI is InChI=1S/C23H24/c1-3-19-10-14-22(15-11-19)23-16-12-21(13-17-23)9-8-20-6-4-18(2)5-7-20/h3-7,12-13,16-17,19,22H,1,10-11,14-15H2,2H3. The maximum Gasteiger partial charge on any atom is 0.0249 e. The van der Waals surface area contributed by atoms with Gasteiger partial charge in [-0.25, -0.2) is 0 Å². The highest BCUT2D eigenvalue weighted by molar-refractivity contribution is 5.44. The van der Waals surface area contributed by atoms with Crippen LogP contribution in [0.4, 0.5) is 0 Å². The van der Waals surface area contributed by atoms with Gasteiger partial charge in [0.25, 0.3) is 0 Å². The Balaban J connectivity index is 1.66. The fraction of sp³-hybridized carbons (Fsp3) is 0.304. The third-order valence-electron chi connectivity index (χ3n) is 4.89. The van der Waals surface area contributed by atoms with E-state index in [4.69, 9.17) is 0 Å². The lowest BCUT2D eigenvalue weighted by Crippen LogP contribution is -2.11. The van der Waals surface area contributed by atoms with Crippen molar-refractivity contribution in [2.24, 2.45) is 5.92 Å². The molecule has 2 aromatic carbocycles. The van der Waals surface area contributed by atoms with Crippen LogP contribution in [0.1, 0.15) is 53.9 Å². The van der Waals surface area contributed by atoms with Crippen LogP contribution in [0.15, 0.2) is 61.2 Å². The topological polar surface area (TPSA) is 0 Å². The Kier molecular flexibility index (Phi) is 4.99. The lowest BCUT2D eigenvalue weighted by Gasteiger charge is -2.26. The summed E-state index contributed by atoms with van der Waals surface area (Å²) in [6.07, 6.45) is 7.25. The Bertz CT molecular complexity index is 699. The zero-order valence-electron chi connectivity index (χ0n) is 13.9. The molecule has 0 nitrogen and oxygen atoms in total. The Morgan fingerprint density at radius 3 is 1.87 bits per heavy atom. The molecule has 0 heteroatoms. The van der Waals surface area contributed by atoms with Crippen molar-refractivity contribution in [1.29, 1.82) is 0 Å². The predicted molar refractivity (Wildman–Crippen MR) is 98.5 cm³/mol. The number of hydrogen-bond donors (Lipinski definition) is 0. The summed E-state index contributed by atoms with van der Waals surface area (Å²) in [5.74, 6) is 7.94. The summed E-state index contributed by atoms with van der Waals surface area (Å²) < 4.78 is 0. The maximum absolute atomic E-state index is 3.93. The highest BCUT2D eigenvalue weighted by Gasteiger charge is 2.20. The third-order valence-corrected chi connectivity index (χ3v) is 4.89. The molecule has 0 spiro atoms. The van der Waals surface area contributed by atoms with Crippen molar-refractivity contribution in [1.82, 2.24) is 0 Å². The van der Waals surface area contributed by atoms with Crippen LogP contribution in [0.5, 0.6) is 0 Å². The number of aryl methyl sites for hydroxylation is 1. The van der Waals surface area contributed by atoms with Gasteiger partial charge in [-0.15, -0.1) is 6.58 Å². The van der Waals surface area contributed by atoms with Gasteiger partial charge in [0.15, 0.2) is 0 Å². The summed E-state index contributed by atoms with van der Waals surface area (Å²) in [5, 5.41) is 0. The van der Waals surface area contributed by atoms with E-state index in [2.05, 4.69) is 80.0 Å². The van der Waals surface area contributed by atoms with Gasteiger partial charge in [-0.1, -0.05) is 47.7 Å². The second-order valence-corrected chi connectivity index (χ2v) is 6.59. The first-order chi connectivity index (χ1) is 11.2. The van der Waals surface area contributed by atoms with Gasteiger partial charge < -0.3 is 0 Å². The summed E-state index contributed by atoms with van der Waals surface area (Å²) in [6, 6.07) is 17.2. The summed E-state index contributed by atoms with van der Waals surface area (Å²) in [7, 11) is 0. The van der Waals surface area contributed by atoms with Gasteiger partial charge in [-0.05, 0) is 74.3 Å². The highest BCUT2D eigenvalue weighted by Crippen LogP contribution is 2.36. The van der Waals surface area contributed by atoms with Crippen LogP contribution in [0.2, 0.25) is 0 Å². The van der Waals surface area contributed by atoms with Crippen molar-refractivity contribution in [2.45, 2.75) is 38.5 Å². The monoisotopic (exact) mass is 300 g/mol. The van der Waals surface area contributed by atoms with E-state index in [0.29, 0.717) is 5.92 Å². The minimum Gasteiger partial charge on any atom is -0.103 e. The van der Waals surface area contributed by atoms with Gasteiger partial charge in [0.2, 0.25) is 0 Å². The van der Waals surface area contributed by atoms with Crippen LogP contribution >= 0.6 is 0 Å². The van der Waals surface area contributed by atoms with Crippen LogP contribution in [-0.2, 0) is 0 Å². The normalized spacial score (nSPS) is 20.4. The van der Waals surface area contributed by atoms with E-state index in [9.17, 15) is 0 Å². The Hall–Kier alpha value is -2.26. The number of hydrogen-bond acceptors (Lipinski definition) is 0. The molecular weight excluding hydrogens is 276 g/mol. The van der Waals surface area contributed by atoms with Crippen molar-refractivity contribution in [3.63, 3.8) is 0 Å². The van der Waals surface area contributed by atoms with Crippen LogP contribution in [0, 0.1) is 24.7 Å². The van der Waals surface area contributed by atoms with Gasteiger partial charge in [0.05, 0.1) is 0 Å². The van der Waals surface area contributed by atoms with Crippen LogP contribution in [0.25, 0.3) is 0 Å². The van der Waals surface area contributed by atoms with Crippen molar-refractivity contribution in [3.8, 4) is 11.8 Å². The highest BCUT2D eigenvalue weighted by atomic mass is 14.2. The summed E-state index contributed by atoms with van der Waals surface area (Å²) in [4.78, 5) is 0. The molecule has 116 valence electrons. The molecule has 0 bridgehead atoms. The summed E-state index contributed by atoms with van der Waals surface area (Å²) in [5.41, 5.74) is 4.90. The zero-order chi connectivity index (χ0) is 16.1. The molecule has 1 aliphatic carbocycles. The number of rotatable bonds is 2. The first-order valence-corrected chi connectivity index (χ1v) is 8.56. The second kappa shape index (κ2) is 7.34. The summed E-state index contributed by atoms with van der Waals surface area (Å²) >= 11 is 0. The molecule has 1 aliphatic rings. The Morgan fingerprint density at radius 2 is 1.35 bits per heavy atom.